The molecular formula is C17H32N2O2SSi. The van der Waals surface area contributed by atoms with Crippen LogP contribution in [0.4, 0.5) is 4.79 Å². The summed E-state index contributed by atoms with van der Waals surface area (Å²) in [6.45, 7) is 7.69. The maximum atomic E-state index is 11.1. The Morgan fingerprint density at radius 3 is 2.43 bits per heavy atom. The van der Waals surface area contributed by atoms with Gasteiger partial charge in [0.15, 0.2) is 0 Å². The normalized spacial score (nSPS) is 18.8. The molecule has 1 rings (SSSR count). The summed E-state index contributed by atoms with van der Waals surface area (Å²) in [5.41, 5.74) is 0.318. The van der Waals surface area contributed by atoms with Gasteiger partial charge in [0.05, 0.1) is 11.2 Å². The van der Waals surface area contributed by atoms with Gasteiger partial charge in [-0.25, -0.2) is 9.79 Å². The van der Waals surface area contributed by atoms with Crippen molar-refractivity contribution in [3.05, 3.63) is 0 Å². The zero-order chi connectivity index (χ0) is 17.5. The highest BCUT2D eigenvalue weighted by atomic mass is 32.1. The van der Waals surface area contributed by atoms with Crippen LogP contribution in [-0.4, -0.2) is 49.0 Å². The molecule has 0 aromatic heterocycles. The third-order valence-corrected chi connectivity index (χ3v) is 6.89. The summed E-state index contributed by atoms with van der Waals surface area (Å²) in [6.07, 6.45) is 7.68. The zero-order valence-corrected chi connectivity index (χ0v) is 16.9. The molecule has 1 amide bonds. The molecule has 1 saturated carbocycles. The van der Waals surface area contributed by atoms with E-state index in [-0.39, 0.29) is 6.04 Å². The van der Waals surface area contributed by atoms with Gasteiger partial charge in [0.2, 0.25) is 0 Å². The number of likely N-dealkylation sites (N-methyl/N-ethyl adjacent to an activating group) is 1. The molecule has 132 valence electrons. The van der Waals surface area contributed by atoms with Gasteiger partial charge in [-0.1, -0.05) is 44.9 Å². The second-order valence-electron chi connectivity index (χ2n) is 8.36. The number of rotatable bonds is 8. The Balaban J connectivity index is 2.82. The molecule has 6 heteroatoms. The second-order valence-corrected chi connectivity index (χ2v) is 14.2. The first kappa shape index (κ1) is 20.3. The molecule has 1 atom stereocenters. The molecule has 0 spiro atoms. The van der Waals surface area contributed by atoms with Gasteiger partial charge in [-0.15, -0.1) is 0 Å². The van der Waals surface area contributed by atoms with Crippen molar-refractivity contribution in [3.63, 3.8) is 0 Å². The van der Waals surface area contributed by atoms with Crippen LogP contribution in [0.15, 0.2) is 4.99 Å². The van der Waals surface area contributed by atoms with Crippen molar-refractivity contribution in [1.29, 1.82) is 0 Å². The first-order valence-corrected chi connectivity index (χ1v) is 12.8. The van der Waals surface area contributed by atoms with Crippen molar-refractivity contribution in [3.8, 4) is 0 Å². The molecule has 1 aliphatic carbocycles. The number of amides is 1. The van der Waals surface area contributed by atoms with Gasteiger partial charge in [0.1, 0.15) is 0 Å². The number of thiocarbonyl (C=S) groups is 1. The number of carboxylic acid groups (broad SMARTS) is 1. The van der Waals surface area contributed by atoms with Gasteiger partial charge in [0, 0.05) is 21.7 Å². The molecular weight excluding hydrogens is 324 g/mol. The summed E-state index contributed by atoms with van der Waals surface area (Å²) in [5, 5.41) is 11.6. The fourth-order valence-electron chi connectivity index (χ4n) is 3.62. The lowest BCUT2D eigenvalue weighted by Crippen LogP contribution is -2.37. The van der Waals surface area contributed by atoms with Crippen molar-refractivity contribution in [1.82, 2.24) is 4.90 Å². The smallest absolute Gasteiger partial charge is 0.407 e. The Labute approximate surface area is 147 Å². The van der Waals surface area contributed by atoms with Gasteiger partial charge in [-0.05, 0) is 43.3 Å². The van der Waals surface area contributed by atoms with Crippen LogP contribution in [0.2, 0.25) is 25.7 Å². The molecule has 0 radical (unpaired) electrons. The molecule has 1 N–H and O–H groups in total. The van der Waals surface area contributed by atoms with E-state index in [9.17, 15) is 4.79 Å². The van der Waals surface area contributed by atoms with Crippen molar-refractivity contribution in [2.45, 2.75) is 76.7 Å². The van der Waals surface area contributed by atoms with E-state index in [0.29, 0.717) is 12.0 Å². The molecule has 0 aromatic rings. The first-order chi connectivity index (χ1) is 10.7. The lowest BCUT2D eigenvalue weighted by atomic mass is 9.68. The van der Waals surface area contributed by atoms with Crippen LogP contribution in [-0.2, 0) is 0 Å². The molecule has 1 fully saturated rings. The summed E-state index contributed by atoms with van der Waals surface area (Å²) < 4.78 is 0. The Kier molecular flexibility index (Phi) is 7.91. The van der Waals surface area contributed by atoms with Gasteiger partial charge < -0.3 is 10.0 Å². The lowest BCUT2D eigenvalue weighted by molar-refractivity contribution is 0.129. The maximum absolute atomic E-state index is 11.1. The fraction of sp³-hybridized carbons (Fsp3) is 0.882. The third-order valence-electron chi connectivity index (χ3n) is 5.03. The number of hydrogen-bond acceptors (Lipinski definition) is 3. The summed E-state index contributed by atoms with van der Waals surface area (Å²) >= 11 is 4.80. The molecule has 0 aliphatic heterocycles. The average molecular weight is 357 g/mol. The average Bonchev–Trinajstić information content (AvgIpc) is 2.45. The van der Waals surface area contributed by atoms with Crippen LogP contribution < -0.4 is 0 Å². The second kappa shape index (κ2) is 8.95. The van der Waals surface area contributed by atoms with Crippen LogP contribution in [0.25, 0.3) is 0 Å². The highest BCUT2D eigenvalue weighted by Crippen LogP contribution is 2.45. The number of carbonyl (C=O) groups is 1. The summed E-state index contributed by atoms with van der Waals surface area (Å²) in [6, 6.07) is 1.27. The Bertz CT molecular complexity index is 438. The predicted molar refractivity (Wildman–Crippen MR) is 102 cm³/mol. The largest absolute Gasteiger partial charge is 0.465 e. The van der Waals surface area contributed by atoms with Crippen LogP contribution in [0, 0.1) is 5.41 Å². The highest BCUT2D eigenvalue weighted by molar-refractivity contribution is 7.78. The van der Waals surface area contributed by atoms with E-state index in [2.05, 4.69) is 29.8 Å². The van der Waals surface area contributed by atoms with Crippen LogP contribution in [0.5, 0.6) is 0 Å². The van der Waals surface area contributed by atoms with Crippen LogP contribution >= 0.6 is 12.2 Å². The maximum Gasteiger partial charge on any atom is 0.407 e. The fourth-order valence-corrected chi connectivity index (χ4v) is 5.05. The van der Waals surface area contributed by atoms with E-state index < -0.39 is 14.2 Å². The summed E-state index contributed by atoms with van der Waals surface area (Å²) in [5.74, 6) is 0. The van der Waals surface area contributed by atoms with Crippen molar-refractivity contribution in [2.75, 3.05) is 13.6 Å². The van der Waals surface area contributed by atoms with Crippen molar-refractivity contribution in [2.24, 2.45) is 10.4 Å². The number of nitrogens with zero attached hydrogens (tertiary/aromatic N) is 2. The van der Waals surface area contributed by atoms with E-state index in [1.54, 1.807) is 7.05 Å². The van der Waals surface area contributed by atoms with E-state index in [1.165, 1.54) is 49.5 Å². The van der Waals surface area contributed by atoms with Crippen molar-refractivity contribution >= 4 is 31.5 Å². The van der Waals surface area contributed by atoms with E-state index >= 15 is 0 Å². The lowest BCUT2D eigenvalue weighted by Gasteiger charge is -2.41. The molecule has 1 unspecified atom stereocenters. The summed E-state index contributed by atoms with van der Waals surface area (Å²) in [7, 11) is 0.522. The van der Waals surface area contributed by atoms with Gasteiger partial charge >= 0.3 is 6.09 Å². The highest BCUT2D eigenvalue weighted by Gasteiger charge is 2.36. The first-order valence-electron chi connectivity index (χ1n) is 8.68. The Morgan fingerprint density at radius 1 is 1.35 bits per heavy atom. The third kappa shape index (κ3) is 7.60. The Hall–Kier alpha value is -0.713. The van der Waals surface area contributed by atoms with Crippen molar-refractivity contribution < 1.29 is 9.90 Å². The number of hydrogen-bond donors (Lipinski definition) is 1. The van der Waals surface area contributed by atoms with Gasteiger partial charge in [-0.2, -0.15) is 0 Å². The SMILES string of the molecule is CN(CC(CC1(CC[Si](C)(C)C)CCCCC1)N=C=S)C(=O)O. The van der Waals surface area contributed by atoms with E-state index in [0.717, 1.165) is 6.42 Å². The predicted octanol–water partition coefficient (Wildman–Crippen LogP) is 5.14. The summed E-state index contributed by atoms with van der Waals surface area (Å²) in [4.78, 5) is 16.7. The zero-order valence-electron chi connectivity index (χ0n) is 15.1. The minimum Gasteiger partial charge on any atom is -0.465 e. The van der Waals surface area contributed by atoms with Gasteiger partial charge in [-0.3, -0.25) is 0 Å². The molecule has 4 nitrogen and oxygen atoms in total. The van der Waals surface area contributed by atoms with Gasteiger partial charge in [0.25, 0.3) is 0 Å². The standard InChI is InChI=1S/C17H32N2O2SSi/c1-19(16(20)21)13-15(18-14-22)12-17(8-6-5-7-9-17)10-11-23(2,3)4/h15H,5-13H2,1-4H3,(H,20,21). The van der Waals surface area contributed by atoms with E-state index in [4.69, 9.17) is 17.3 Å². The minimum absolute atomic E-state index is 0.0617. The van der Waals surface area contributed by atoms with Crippen LogP contribution in [0.1, 0.15) is 44.9 Å². The minimum atomic E-state index is -1.08. The topological polar surface area (TPSA) is 52.9 Å². The number of aliphatic imine (C=N–C) groups is 1. The van der Waals surface area contributed by atoms with E-state index in [1.807, 2.05) is 0 Å². The number of isothiocyanates is 1. The Morgan fingerprint density at radius 2 is 1.96 bits per heavy atom. The monoisotopic (exact) mass is 356 g/mol. The van der Waals surface area contributed by atoms with Crippen LogP contribution in [0.3, 0.4) is 0 Å². The molecule has 0 aromatic carbocycles. The molecule has 0 saturated heterocycles. The molecule has 1 aliphatic rings. The molecule has 0 bridgehead atoms. The quantitative estimate of drug-likeness (QED) is 0.372. The molecule has 23 heavy (non-hydrogen) atoms. The molecule has 0 heterocycles.